The topological polar surface area (TPSA) is 226 Å². The fourth-order valence-electron chi connectivity index (χ4n) is 5.00. The highest BCUT2D eigenvalue weighted by Gasteiger charge is 2.29. The zero-order chi connectivity index (χ0) is 42.2. The van der Waals surface area contributed by atoms with Crippen molar-refractivity contribution in [3.05, 3.63) is 96.2 Å². The van der Waals surface area contributed by atoms with Crippen molar-refractivity contribution in [2.75, 3.05) is 13.1 Å². The summed E-state index contributed by atoms with van der Waals surface area (Å²) in [5.74, 6) is 0.0420. The lowest BCUT2D eigenvalue weighted by Gasteiger charge is -2.22. The first-order valence-corrected chi connectivity index (χ1v) is 17.2. The van der Waals surface area contributed by atoms with Crippen LogP contribution in [0.25, 0.3) is 10.9 Å². The predicted octanol–water partition coefficient (Wildman–Crippen LogP) is 5.62. The van der Waals surface area contributed by atoms with Crippen LogP contribution in [0, 0.1) is 0 Å². The number of carbonyl (C=O) groups is 4. The number of pyridine rings is 1. The summed E-state index contributed by atoms with van der Waals surface area (Å²) in [5, 5.41) is 5.51. The van der Waals surface area contributed by atoms with Crippen molar-refractivity contribution >= 4 is 58.9 Å². The Kier molecular flexibility index (Phi) is 15.9. The lowest BCUT2D eigenvalue weighted by atomic mass is 10.2. The van der Waals surface area contributed by atoms with Gasteiger partial charge in [0, 0.05) is 18.4 Å². The number of amides is 3. The number of guanidine groups is 1. The molecule has 0 bridgehead atoms. The van der Waals surface area contributed by atoms with Crippen LogP contribution in [-0.2, 0) is 28.7 Å². The highest BCUT2D eigenvalue weighted by Crippen LogP contribution is 2.24. The fourth-order valence-corrected chi connectivity index (χ4v) is 5.00. The molecular formula is C40H41N5O12. The molecular weight excluding hydrogens is 742 g/mol. The Balaban J connectivity index is 0.00000136. The smallest absolute Gasteiger partial charge is 0.414 e. The summed E-state index contributed by atoms with van der Waals surface area (Å²) < 4.78 is 22.2. The lowest BCUT2D eigenvalue weighted by molar-refractivity contribution is -0.193. The Morgan fingerprint density at radius 3 is 1.89 bits per heavy atom. The van der Waals surface area contributed by atoms with Gasteiger partial charge in [0.2, 0.25) is 5.96 Å². The summed E-state index contributed by atoms with van der Waals surface area (Å²) in [6.07, 6.45) is -0.519. The summed E-state index contributed by atoms with van der Waals surface area (Å²) in [6, 6.07) is 24.0. The molecule has 5 rings (SSSR count). The molecule has 3 amide bonds. The molecule has 298 valence electrons. The quantitative estimate of drug-likeness (QED) is 0.105. The number of hydrogen-bond donors (Lipinski definition) is 2. The van der Waals surface area contributed by atoms with E-state index < -0.39 is 29.4 Å². The van der Waals surface area contributed by atoms with Crippen molar-refractivity contribution < 1.29 is 57.3 Å². The first-order valence-electron chi connectivity index (χ1n) is 17.2. The maximum Gasteiger partial charge on any atom is 0.414 e. The molecule has 3 aromatic carbocycles. The molecule has 1 aliphatic heterocycles. The largest absolute Gasteiger partial charge is 0.489 e. The van der Waals surface area contributed by atoms with E-state index in [2.05, 4.69) is 20.6 Å². The van der Waals surface area contributed by atoms with Crippen LogP contribution in [0.15, 0.2) is 89.9 Å². The van der Waals surface area contributed by atoms with Crippen LogP contribution >= 0.6 is 0 Å². The SMILES string of the molecule is CC(C)(C)OC(=O)NC(=Nc1ccc(C(=O)Oc2ccc3nc(C(=O)N4CC[C@H](Oc5ccccc5)C4)ccc3c2)cc1)NC(=O)OC(C)(C)C.O=C=O.O=C=O. The van der Waals surface area contributed by atoms with Crippen molar-refractivity contribution in [3.63, 3.8) is 0 Å². The van der Waals surface area contributed by atoms with Crippen LogP contribution in [0.3, 0.4) is 0 Å². The number of nitrogens with one attached hydrogen (secondary N) is 2. The first-order chi connectivity index (χ1) is 26.9. The van der Waals surface area contributed by atoms with Crippen LogP contribution in [0.5, 0.6) is 11.5 Å². The van der Waals surface area contributed by atoms with Crippen LogP contribution in [0.1, 0.15) is 68.8 Å². The van der Waals surface area contributed by atoms with E-state index in [9.17, 15) is 19.2 Å². The second-order valence-electron chi connectivity index (χ2n) is 14.0. The predicted molar refractivity (Wildman–Crippen MR) is 200 cm³/mol. The number of hydrogen-bond acceptors (Lipinski definition) is 14. The summed E-state index contributed by atoms with van der Waals surface area (Å²) >= 11 is 0. The van der Waals surface area contributed by atoms with E-state index in [0.29, 0.717) is 41.1 Å². The minimum Gasteiger partial charge on any atom is -0.489 e. The van der Waals surface area contributed by atoms with Gasteiger partial charge in [-0.05, 0) is 102 Å². The third kappa shape index (κ3) is 15.2. The van der Waals surface area contributed by atoms with Gasteiger partial charge in [0.15, 0.2) is 0 Å². The number of alkyl carbamates (subject to hydrolysis) is 2. The van der Waals surface area contributed by atoms with E-state index in [1.54, 1.807) is 76.8 Å². The summed E-state index contributed by atoms with van der Waals surface area (Å²) in [7, 11) is 0. The number of rotatable bonds is 6. The Labute approximate surface area is 327 Å². The molecule has 0 saturated carbocycles. The van der Waals surface area contributed by atoms with Crippen molar-refractivity contribution in [3.8, 4) is 11.5 Å². The Bertz CT molecular complexity index is 2090. The zero-order valence-electron chi connectivity index (χ0n) is 32.0. The lowest BCUT2D eigenvalue weighted by Crippen LogP contribution is -2.47. The van der Waals surface area contributed by atoms with Gasteiger partial charge in [0.05, 0.1) is 23.3 Å². The van der Waals surface area contributed by atoms with Gasteiger partial charge < -0.3 is 23.8 Å². The third-order valence-electron chi connectivity index (χ3n) is 7.15. The van der Waals surface area contributed by atoms with Crippen molar-refractivity contribution in [1.82, 2.24) is 20.5 Å². The normalized spacial score (nSPS) is 13.1. The van der Waals surface area contributed by atoms with Crippen molar-refractivity contribution in [2.24, 2.45) is 4.99 Å². The van der Waals surface area contributed by atoms with E-state index >= 15 is 0 Å². The Morgan fingerprint density at radius 2 is 1.33 bits per heavy atom. The number of ether oxygens (including phenoxy) is 4. The number of likely N-dealkylation sites (tertiary alicyclic amines) is 1. The monoisotopic (exact) mass is 783 g/mol. The van der Waals surface area contributed by atoms with Gasteiger partial charge in [0.1, 0.15) is 34.5 Å². The molecule has 0 radical (unpaired) electrons. The average molecular weight is 784 g/mol. The molecule has 1 saturated heterocycles. The van der Waals surface area contributed by atoms with E-state index in [-0.39, 0.29) is 35.8 Å². The zero-order valence-corrected chi connectivity index (χ0v) is 32.0. The van der Waals surface area contributed by atoms with Crippen LogP contribution in [0.4, 0.5) is 15.3 Å². The number of esters is 1. The number of fused-ring (bicyclic) bond motifs is 1. The Morgan fingerprint density at radius 1 is 0.754 bits per heavy atom. The molecule has 2 heterocycles. The second kappa shape index (κ2) is 20.5. The number of carbonyl (C=O) groups excluding carboxylic acids is 8. The molecule has 1 aromatic heterocycles. The maximum atomic E-state index is 13.2. The van der Waals surface area contributed by atoms with Gasteiger partial charge in [-0.2, -0.15) is 19.2 Å². The van der Waals surface area contributed by atoms with E-state index in [1.807, 2.05) is 30.3 Å². The van der Waals surface area contributed by atoms with Crippen LogP contribution in [0.2, 0.25) is 0 Å². The molecule has 4 aromatic rings. The number of benzene rings is 3. The van der Waals surface area contributed by atoms with Gasteiger partial charge in [-0.25, -0.2) is 24.4 Å². The molecule has 0 spiro atoms. The highest BCUT2D eigenvalue weighted by atomic mass is 16.6. The molecule has 1 aliphatic rings. The second-order valence-corrected chi connectivity index (χ2v) is 14.0. The fraction of sp³-hybridized carbons (Fsp3) is 0.300. The number of aromatic nitrogens is 1. The first kappa shape index (κ1) is 44.2. The third-order valence-corrected chi connectivity index (χ3v) is 7.15. The molecule has 0 unspecified atom stereocenters. The summed E-state index contributed by atoms with van der Waals surface area (Å²) in [4.78, 5) is 94.1. The van der Waals surface area contributed by atoms with Crippen LogP contribution < -0.4 is 20.1 Å². The molecule has 17 heteroatoms. The van der Waals surface area contributed by atoms with Crippen LogP contribution in [-0.4, -0.2) is 82.6 Å². The average Bonchev–Trinajstić information content (AvgIpc) is 3.59. The molecule has 2 N–H and O–H groups in total. The molecule has 17 nitrogen and oxygen atoms in total. The van der Waals surface area contributed by atoms with E-state index in [4.69, 9.17) is 38.1 Å². The standard InChI is InChI=1S/C38H41N5O8.2CO2/c1-37(2,3)50-35(46)41-34(42-36(47)51-38(4,5)6)39-26-15-12-24(13-16-26)33(45)49-28-17-19-30-25(22-28)14-18-31(40-30)32(44)43-21-20-29(23-43)48-27-10-8-7-9-11-27;2*2-1-3/h7-19,22,29H,20-21,23H2,1-6H3,(H2,39,41,42,46,47);;/t29-;;/m0../s1. The van der Waals surface area contributed by atoms with Crippen molar-refractivity contribution in [2.45, 2.75) is 65.3 Å². The highest BCUT2D eigenvalue weighted by molar-refractivity contribution is 6.02. The van der Waals surface area contributed by atoms with Gasteiger partial charge in [-0.15, -0.1) is 0 Å². The number of para-hydroxylation sites is 1. The molecule has 0 aliphatic carbocycles. The molecule has 1 fully saturated rings. The summed E-state index contributed by atoms with van der Waals surface area (Å²) in [6.45, 7) is 11.2. The minimum atomic E-state index is -0.833. The number of nitrogens with zero attached hydrogens (tertiary/aromatic N) is 3. The van der Waals surface area contributed by atoms with Gasteiger partial charge >= 0.3 is 30.5 Å². The van der Waals surface area contributed by atoms with Gasteiger partial charge in [-0.3, -0.25) is 15.4 Å². The van der Waals surface area contributed by atoms with Crippen molar-refractivity contribution in [1.29, 1.82) is 0 Å². The molecule has 57 heavy (non-hydrogen) atoms. The van der Waals surface area contributed by atoms with E-state index in [0.717, 1.165) is 12.2 Å². The van der Waals surface area contributed by atoms with E-state index in [1.165, 1.54) is 24.3 Å². The number of aliphatic imine (C=N–C) groups is 1. The Hall–Kier alpha value is -7.22. The molecule has 1 atom stereocenters. The van der Waals surface area contributed by atoms with Gasteiger partial charge in [0.25, 0.3) is 5.91 Å². The minimum absolute atomic E-state index is 0.0854. The summed E-state index contributed by atoms with van der Waals surface area (Å²) in [5.41, 5.74) is -0.136. The van der Waals surface area contributed by atoms with Gasteiger partial charge in [-0.1, -0.05) is 24.3 Å². The maximum absolute atomic E-state index is 13.2.